The van der Waals surface area contributed by atoms with Crippen LogP contribution in [0.15, 0.2) is 36.0 Å². The Morgan fingerprint density at radius 2 is 1.61 bits per heavy atom. The van der Waals surface area contributed by atoms with E-state index < -0.39 is 5.25 Å². The first-order valence-electron chi connectivity index (χ1n) is 20.7. The first kappa shape index (κ1) is 53.0. The molecule has 0 aromatic heterocycles. The summed E-state index contributed by atoms with van der Waals surface area (Å²) in [6, 6.07) is 0.549. The number of nitrogens with one attached hydrogen (secondary N) is 2. The molecule has 1 saturated carbocycles. The molecule has 11 nitrogen and oxygen atoms in total. The number of hydrogen-bond acceptors (Lipinski definition) is 8. The number of hydrogen-bond donors (Lipinski definition) is 5. The van der Waals surface area contributed by atoms with E-state index in [1.165, 1.54) is 31.9 Å². The number of nitrogens with zero attached hydrogens (tertiary/aromatic N) is 1. The molecule has 322 valence electrons. The van der Waals surface area contributed by atoms with Crippen LogP contribution in [0.3, 0.4) is 0 Å². The van der Waals surface area contributed by atoms with Gasteiger partial charge >= 0.3 is 0 Å². The average molecular weight is 808 g/mol. The van der Waals surface area contributed by atoms with Crippen molar-refractivity contribution in [2.24, 2.45) is 35.5 Å². The van der Waals surface area contributed by atoms with Crippen LogP contribution in [0.25, 0.3) is 0 Å². The highest BCUT2D eigenvalue weighted by atomic mass is 32.1. The molecule has 0 bridgehead atoms. The molecule has 2 aliphatic heterocycles. The third-order valence-electron chi connectivity index (χ3n) is 10.8. The molecule has 2 saturated heterocycles. The molecule has 3 aliphatic rings. The maximum atomic E-state index is 12.2. The molecule has 0 aromatic carbocycles. The van der Waals surface area contributed by atoms with E-state index in [1.807, 2.05) is 6.08 Å². The van der Waals surface area contributed by atoms with Crippen LogP contribution >= 0.6 is 12.6 Å². The van der Waals surface area contributed by atoms with Gasteiger partial charge in [0.25, 0.3) is 6.47 Å². The predicted octanol–water partition coefficient (Wildman–Crippen LogP) is 7.53. The standard InChI is InChI=1S/C32H57NO3.C6H11NO.C5H7NO2S.CH2O2/c1-11-24(8)28(32(35)27(12-2)19-22(5)6)16-14-23(7)15-17-30-25(9)20-29(26(10)36-30)33-31(34)18-13-21(3)4;1-5(8)7-6-3-2-4-6;1-6-4(7)2-3(9)5(6)8;2-1-3/h13-16,18,21-22,24-30,32,35H,11-12,17,19-20H2,1-10H3,(H,33,34);6H,2-4H2,1H3,(H,7,8);3,9H,2H2,1H3;1H,(H,2,3)/b16-14+,18-13-,23-15+;;;. The van der Waals surface area contributed by atoms with Crippen LogP contribution < -0.4 is 10.6 Å². The van der Waals surface area contributed by atoms with Crippen molar-refractivity contribution in [3.05, 3.63) is 36.0 Å². The molecule has 3 fully saturated rings. The molecule has 4 N–H and O–H groups in total. The number of carbonyl (C=O) groups is 5. The van der Waals surface area contributed by atoms with Crippen molar-refractivity contribution >= 4 is 42.7 Å². The van der Waals surface area contributed by atoms with Crippen molar-refractivity contribution in [2.45, 2.75) is 170 Å². The summed E-state index contributed by atoms with van der Waals surface area (Å²) in [5, 5.41) is 23.7. The van der Waals surface area contributed by atoms with Gasteiger partial charge in [-0.15, -0.1) is 0 Å². The highest BCUT2D eigenvalue weighted by Gasteiger charge is 2.34. The zero-order chi connectivity index (χ0) is 43.1. The summed E-state index contributed by atoms with van der Waals surface area (Å²) >= 11 is 3.89. The number of likely N-dealkylation sites (tertiary alicyclic amines) is 1. The number of imide groups is 1. The van der Waals surface area contributed by atoms with Crippen molar-refractivity contribution in [2.75, 3.05) is 7.05 Å². The van der Waals surface area contributed by atoms with E-state index in [9.17, 15) is 24.3 Å². The van der Waals surface area contributed by atoms with Gasteiger partial charge < -0.3 is 25.6 Å². The third kappa shape index (κ3) is 21.0. The van der Waals surface area contributed by atoms with Crippen LogP contribution in [0, 0.1) is 35.5 Å². The molecule has 9 unspecified atom stereocenters. The second-order valence-electron chi connectivity index (χ2n) is 16.5. The smallest absolute Gasteiger partial charge is 0.290 e. The number of ether oxygens (including phenoxy) is 1. The average Bonchev–Trinajstić information content (AvgIpc) is 3.33. The number of rotatable bonds is 15. The SMILES string of the molecule is CC(=O)NC1CCC1.CCC(C)C(/C=C/C(C)=C/CC1OC(C)C(NC(=O)/C=C\C(C)C)CC1C)C(O)C(CC)CC(C)C.CN1C(=O)CC(S)C1=O.O=CO. The van der Waals surface area contributed by atoms with E-state index in [1.54, 1.807) is 13.0 Å². The number of thiol groups is 1. The minimum absolute atomic E-state index is 0.0104. The molecular weight excluding hydrogens is 731 g/mol. The van der Waals surface area contributed by atoms with Crippen molar-refractivity contribution in [3.8, 4) is 0 Å². The molecule has 0 spiro atoms. The first-order chi connectivity index (χ1) is 26.2. The monoisotopic (exact) mass is 808 g/mol. The topological polar surface area (TPSA) is 162 Å². The molecular formula is C44H77N3O8S. The summed E-state index contributed by atoms with van der Waals surface area (Å²) in [5.74, 6) is 2.01. The van der Waals surface area contributed by atoms with Crippen LogP contribution in [-0.2, 0) is 28.7 Å². The predicted molar refractivity (Wildman–Crippen MR) is 229 cm³/mol. The fourth-order valence-corrected chi connectivity index (χ4v) is 7.14. The lowest BCUT2D eigenvalue weighted by Gasteiger charge is -2.39. The summed E-state index contributed by atoms with van der Waals surface area (Å²) in [4.78, 5) is 53.4. The Morgan fingerprint density at radius 1 is 1.00 bits per heavy atom. The van der Waals surface area contributed by atoms with E-state index >= 15 is 0 Å². The van der Waals surface area contributed by atoms with E-state index in [0.717, 1.165) is 37.0 Å². The lowest BCUT2D eigenvalue weighted by molar-refractivity contribution is -0.136. The number of allylic oxidation sites excluding steroid dienone is 3. The van der Waals surface area contributed by atoms with E-state index in [2.05, 4.69) is 111 Å². The second kappa shape index (κ2) is 28.4. The summed E-state index contributed by atoms with van der Waals surface area (Å²) in [6.45, 7) is 23.0. The fourth-order valence-electron chi connectivity index (χ4n) is 6.81. The number of aliphatic hydroxyl groups is 1. The molecule has 9 atom stereocenters. The zero-order valence-corrected chi connectivity index (χ0v) is 37.4. The fraction of sp³-hybridized carbons (Fsp3) is 0.750. The van der Waals surface area contributed by atoms with E-state index in [4.69, 9.17) is 14.6 Å². The summed E-state index contributed by atoms with van der Waals surface area (Å²) in [7, 11) is 1.47. The Hall–Kier alpha value is -2.96. The summed E-state index contributed by atoms with van der Waals surface area (Å²) in [6.07, 6.45) is 18.9. The maximum Gasteiger partial charge on any atom is 0.290 e. The molecule has 0 radical (unpaired) electrons. The lowest BCUT2D eigenvalue weighted by atomic mass is 9.77. The first-order valence-corrected chi connectivity index (χ1v) is 21.2. The van der Waals surface area contributed by atoms with Crippen molar-refractivity contribution in [1.29, 1.82) is 0 Å². The Bertz CT molecular complexity index is 1280. The largest absolute Gasteiger partial charge is 0.483 e. The van der Waals surface area contributed by atoms with Crippen molar-refractivity contribution in [1.82, 2.24) is 15.5 Å². The number of carbonyl (C=O) groups excluding carboxylic acids is 4. The van der Waals surface area contributed by atoms with Crippen LogP contribution in [0.4, 0.5) is 0 Å². The molecule has 4 amide bonds. The summed E-state index contributed by atoms with van der Waals surface area (Å²) < 4.78 is 6.34. The Morgan fingerprint density at radius 3 is 2.00 bits per heavy atom. The normalized spacial score (nSPS) is 24.9. The van der Waals surface area contributed by atoms with Gasteiger partial charge in [-0.2, -0.15) is 12.6 Å². The van der Waals surface area contributed by atoms with Gasteiger partial charge in [0.1, 0.15) is 0 Å². The van der Waals surface area contributed by atoms with Crippen LogP contribution in [0.5, 0.6) is 0 Å². The zero-order valence-electron chi connectivity index (χ0n) is 36.5. The minimum Gasteiger partial charge on any atom is -0.483 e. The third-order valence-corrected chi connectivity index (χ3v) is 11.2. The number of amides is 4. The highest BCUT2D eigenvalue weighted by Crippen LogP contribution is 2.31. The Balaban J connectivity index is 0.00000121. The van der Waals surface area contributed by atoms with Gasteiger partial charge in [0.2, 0.25) is 23.6 Å². The minimum atomic E-state index is -0.400. The maximum absolute atomic E-state index is 12.2. The van der Waals surface area contributed by atoms with Crippen molar-refractivity contribution < 1.29 is 38.9 Å². The lowest BCUT2D eigenvalue weighted by Crippen LogP contribution is -2.50. The molecule has 56 heavy (non-hydrogen) atoms. The van der Waals surface area contributed by atoms with Gasteiger partial charge in [-0.3, -0.25) is 28.9 Å². The van der Waals surface area contributed by atoms with Gasteiger partial charge in [-0.25, -0.2) is 0 Å². The van der Waals surface area contributed by atoms with Gasteiger partial charge in [0, 0.05) is 32.4 Å². The number of carboxylic acid groups (broad SMARTS) is 1. The van der Waals surface area contributed by atoms with Gasteiger partial charge in [-0.1, -0.05) is 98.1 Å². The Labute approximate surface area is 344 Å². The van der Waals surface area contributed by atoms with Crippen molar-refractivity contribution in [3.63, 3.8) is 0 Å². The Kier molecular flexibility index (Phi) is 26.9. The van der Waals surface area contributed by atoms with E-state index in [0.29, 0.717) is 35.6 Å². The van der Waals surface area contributed by atoms with Crippen LogP contribution in [0.2, 0.25) is 0 Å². The summed E-state index contributed by atoms with van der Waals surface area (Å²) in [5.41, 5.74) is 1.21. The van der Waals surface area contributed by atoms with Gasteiger partial charge in [0.15, 0.2) is 0 Å². The van der Waals surface area contributed by atoms with Crippen LogP contribution in [-0.4, -0.2) is 87.9 Å². The second-order valence-corrected chi connectivity index (χ2v) is 17.2. The highest BCUT2D eigenvalue weighted by molar-refractivity contribution is 7.81. The molecule has 12 heteroatoms. The molecule has 3 rings (SSSR count). The number of aliphatic hydroxyl groups excluding tert-OH is 1. The van der Waals surface area contributed by atoms with Gasteiger partial charge in [0.05, 0.1) is 29.6 Å². The van der Waals surface area contributed by atoms with Gasteiger partial charge in [-0.05, 0) is 88.0 Å². The molecule has 1 aliphatic carbocycles. The van der Waals surface area contributed by atoms with E-state index in [-0.39, 0.29) is 66.8 Å². The molecule has 2 heterocycles. The quantitative estimate of drug-likeness (QED) is 0.0373. The van der Waals surface area contributed by atoms with Crippen LogP contribution in [0.1, 0.15) is 134 Å². The molecule has 0 aromatic rings.